The summed E-state index contributed by atoms with van der Waals surface area (Å²) >= 11 is 0. The maximum Gasteiger partial charge on any atom is 0.387 e. The lowest BCUT2D eigenvalue weighted by Crippen LogP contribution is -2.28. The highest BCUT2D eigenvalue weighted by molar-refractivity contribution is 5.89. The number of nitrogens with one attached hydrogen (secondary N) is 1. The molecule has 0 bridgehead atoms. The quantitative estimate of drug-likeness (QED) is 0.426. The topological polar surface area (TPSA) is 81.9 Å². The first-order chi connectivity index (χ1) is 16.7. The zero-order valence-electron chi connectivity index (χ0n) is 20.6. The molecule has 9 heteroatoms. The van der Waals surface area contributed by atoms with Gasteiger partial charge in [-0.2, -0.15) is 8.78 Å². The molecule has 0 atom stereocenters. The molecule has 0 unspecified atom stereocenters. The Morgan fingerprint density at radius 1 is 1.29 bits per heavy atom. The fourth-order valence-electron chi connectivity index (χ4n) is 3.79. The minimum atomic E-state index is -3.09. The lowest BCUT2D eigenvalue weighted by atomic mass is 9.80. The number of pyridine rings is 1. The van der Waals surface area contributed by atoms with E-state index >= 15 is 0 Å². The first kappa shape index (κ1) is 26.3. The van der Waals surface area contributed by atoms with Gasteiger partial charge in [-0.15, -0.1) is 0 Å². The van der Waals surface area contributed by atoms with Gasteiger partial charge in [0, 0.05) is 29.6 Å². The van der Waals surface area contributed by atoms with E-state index in [1.807, 2.05) is 40.0 Å². The molecule has 0 radical (unpaired) electrons. The highest BCUT2D eigenvalue weighted by Gasteiger charge is 2.28. The minimum Gasteiger partial charge on any atom is -0.496 e. The van der Waals surface area contributed by atoms with E-state index in [1.165, 1.54) is 26.0 Å². The van der Waals surface area contributed by atoms with Gasteiger partial charge in [-0.05, 0) is 63.6 Å². The van der Waals surface area contributed by atoms with Crippen molar-refractivity contribution in [3.05, 3.63) is 47.8 Å². The summed E-state index contributed by atoms with van der Waals surface area (Å²) in [5, 5.41) is 3.14. The second-order valence-corrected chi connectivity index (χ2v) is 8.84. The van der Waals surface area contributed by atoms with E-state index in [0.29, 0.717) is 29.6 Å². The molecular formula is C26H31F2N3O4. The summed E-state index contributed by atoms with van der Waals surface area (Å²) in [7, 11) is 3.35. The van der Waals surface area contributed by atoms with Crippen LogP contribution in [0.3, 0.4) is 0 Å². The molecule has 2 aromatic heterocycles. The van der Waals surface area contributed by atoms with Crippen LogP contribution >= 0.6 is 0 Å². The first-order valence-electron chi connectivity index (χ1n) is 11.5. The number of imidazole rings is 1. The van der Waals surface area contributed by atoms with Crippen LogP contribution in [0.4, 0.5) is 8.78 Å². The van der Waals surface area contributed by atoms with Crippen LogP contribution in [-0.2, 0) is 10.2 Å². The number of rotatable bonds is 9. The van der Waals surface area contributed by atoms with E-state index in [2.05, 4.69) is 15.0 Å². The summed E-state index contributed by atoms with van der Waals surface area (Å²) in [6.07, 6.45) is 6.98. The van der Waals surface area contributed by atoms with Crippen LogP contribution in [0, 0.1) is 0 Å². The van der Waals surface area contributed by atoms with Gasteiger partial charge in [0.05, 0.1) is 24.6 Å². The summed E-state index contributed by atoms with van der Waals surface area (Å²) in [4.78, 5) is 28.1. The van der Waals surface area contributed by atoms with Crippen molar-refractivity contribution in [2.24, 2.45) is 0 Å². The Bertz CT molecular complexity index is 1200. The number of ether oxygens (including phenoxy) is 2. The van der Waals surface area contributed by atoms with E-state index in [0.717, 1.165) is 11.6 Å². The number of carbonyl (C=O) groups is 2. The molecule has 2 heterocycles. The lowest BCUT2D eigenvalue weighted by Gasteiger charge is -2.23. The third kappa shape index (κ3) is 5.85. The van der Waals surface area contributed by atoms with Gasteiger partial charge in [-0.3, -0.25) is 14.0 Å². The van der Waals surface area contributed by atoms with Gasteiger partial charge in [0.25, 0.3) is 0 Å². The van der Waals surface area contributed by atoms with E-state index in [9.17, 15) is 18.4 Å². The van der Waals surface area contributed by atoms with Crippen LogP contribution in [-0.4, -0.2) is 48.3 Å². The average Bonchev–Trinajstić information content (AvgIpc) is 3.60. The second kappa shape index (κ2) is 10.9. The Kier molecular flexibility index (Phi) is 8.22. The zero-order chi connectivity index (χ0) is 25.8. The number of nitrogens with zero attached hydrogens (tertiary/aromatic N) is 2. The molecule has 35 heavy (non-hydrogen) atoms. The number of aromatic nitrogens is 2. The Labute approximate surface area is 203 Å². The monoisotopic (exact) mass is 487 g/mol. The summed E-state index contributed by atoms with van der Waals surface area (Å²) < 4.78 is 37.1. The lowest BCUT2D eigenvalue weighted by molar-refractivity contribution is -0.123. The van der Waals surface area contributed by atoms with Crippen molar-refractivity contribution in [3.8, 4) is 22.8 Å². The Balaban J connectivity index is 0.000000607. The number of aldehydes is 1. The van der Waals surface area contributed by atoms with E-state index in [-0.39, 0.29) is 22.8 Å². The molecule has 1 N–H and O–H groups in total. The van der Waals surface area contributed by atoms with Crippen molar-refractivity contribution in [2.75, 3.05) is 14.2 Å². The minimum absolute atomic E-state index is 0.0996. The molecule has 188 valence electrons. The van der Waals surface area contributed by atoms with Gasteiger partial charge in [0.15, 0.2) is 6.29 Å². The molecule has 0 amide bonds. The summed E-state index contributed by atoms with van der Waals surface area (Å²) in [5.41, 5.74) is 1.74. The number of hydrogen-bond donors (Lipinski definition) is 1. The van der Waals surface area contributed by atoms with E-state index < -0.39 is 12.0 Å². The van der Waals surface area contributed by atoms with Crippen LogP contribution in [0.15, 0.2) is 36.7 Å². The summed E-state index contributed by atoms with van der Waals surface area (Å²) in [6.45, 7) is 2.47. The summed E-state index contributed by atoms with van der Waals surface area (Å²) in [5.74, 6) is -0.0587. The van der Waals surface area contributed by atoms with Crippen LogP contribution in [0.2, 0.25) is 0 Å². The normalized spacial score (nSPS) is 13.4. The van der Waals surface area contributed by atoms with E-state index in [4.69, 9.17) is 4.74 Å². The molecule has 1 aromatic carbocycles. The van der Waals surface area contributed by atoms with Gasteiger partial charge in [0.1, 0.15) is 22.9 Å². The van der Waals surface area contributed by atoms with Crippen LogP contribution in [0.5, 0.6) is 11.5 Å². The molecular weight excluding hydrogens is 456 g/mol. The van der Waals surface area contributed by atoms with E-state index in [1.54, 1.807) is 22.9 Å². The molecule has 0 spiro atoms. The van der Waals surface area contributed by atoms with Gasteiger partial charge < -0.3 is 14.8 Å². The Morgan fingerprint density at radius 3 is 2.49 bits per heavy atom. The molecule has 7 nitrogen and oxygen atoms in total. The van der Waals surface area contributed by atoms with Crippen molar-refractivity contribution in [1.29, 1.82) is 0 Å². The van der Waals surface area contributed by atoms with Gasteiger partial charge in [-0.1, -0.05) is 6.92 Å². The maximum absolute atomic E-state index is 12.8. The molecule has 0 aliphatic heterocycles. The number of benzene rings is 1. The number of halogens is 2. The average molecular weight is 488 g/mol. The molecule has 0 saturated heterocycles. The van der Waals surface area contributed by atoms with Crippen molar-refractivity contribution in [2.45, 2.75) is 58.1 Å². The van der Waals surface area contributed by atoms with Gasteiger partial charge >= 0.3 is 6.61 Å². The van der Waals surface area contributed by atoms with Crippen LogP contribution < -0.4 is 14.8 Å². The highest BCUT2D eigenvalue weighted by atomic mass is 19.3. The Hall–Kier alpha value is -3.33. The highest BCUT2D eigenvalue weighted by Crippen LogP contribution is 2.36. The number of ketones is 1. The third-order valence-electron chi connectivity index (χ3n) is 6.19. The largest absolute Gasteiger partial charge is 0.496 e. The van der Waals surface area contributed by atoms with Gasteiger partial charge in [0.2, 0.25) is 0 Å². The summed E-state index contributed by atoms with van der Waals surface area (Å²) in [6, 6.07) is 7.45. The molecule has 3 aromatic rings. The second-order valence-electron chi connectivity index (χ2n) is 8.84. The van der Waals surface area contributed by atoms with Crippen LogP contribution in [0.25, 0.3) is 16.9 Å². The predicted molar refractivity (Wildman–Crippen MR) is 130 cm³/mol. The standard InChI is InChI=1S/C22H22F2N2O4.C4H9N/c1-5-19(28)22(2,3)14-6-7-26-16(11-25-20(26)10-14)13-8-17(29-4)15(12-27)18(9-13)30-21(23)24;1-5-4-2-3-4/h6-12,21H,5H2,1-4H3;4-5H,2-3H2,1H3. The third-order valence-corrected chi connectivity index (χ3v) is 6.19. The van der Waals surface area contributed by atoms with Crippen molar-refractivity contribution < 1.29 is 27.8 Å². The Morgan fingerprint density at radius 2 is 1.97 bits per heavy atom. The maximum atomic E-state index is 12.8. The fraction of sp³-hybridized carbons (Fsp3) is 0.423. The van der Waals surface area contributed by atoms with Crippen molar-refractivity contribution in [3.63, 3.8) is 0 Å². The fourth-order valence-corrected chi connectivity index (χ4v) is 3.79. The number of hydrogen-bond acceptors (Lipinski definition) is 6. The number of fused-ring (bicyclic) bond motifs is 1. The predicted octanol–water partition coefficient (Wildman–Crippen LogP) is 5.05. The number of Topliss-reactive ketones (excluding diaryl/α,β-unsaturated/α-hetero) is 1. The number of alkyl halides is 2. The smallest absolute Gasteiger partial charge is 0.387 e. The SMILES string of the molecule is CCC(=O)C(C)(C)c1ccn2c(-c3cc(OC)c(C=O)c(OC(F)F)c3)cnc2c1.CNC1CC1. The number of carbonyl (C=O) groups excluding carboxylic acids is 2. The molecule has 1 saturated carbocycles. The molecule has 4 rings (SSSR count). The first-order valence-corrected chi connectivity index (χ1v) is 11.5. The van der Waals surface area contributed by atoms with Gasteiger partial charge in [-0.25, -0.2) is 4.98 Å². The number of methoxy groups -OCH3 is 1. The van der Waals surface area contributed by atoms with Crippen LogP contribution in [0.1, 0.15) is 56.0 Å². The van der Waals surface area contributed by atoms with Crippen molar-refractivity contribution in [1.82, 2.24) is 14.7 Å². The zero-order valence-corrected chi connectivity index (χ0v) is 20.6. The molecule has 1 aliphatic carbocycles. The molecule has 1 aliphatic rings. The molecule has 1 fully saturated rings. The van der Waals surface area contributed by atoms with Crippen molar-refractivity contribution >= 4 is 17.7 Å².